The molecule has 0 unspecified atom stereocenters. The molecule has 6 nitrogen and oxygen atoms in total. The van der Waals surface area contributed by atoms with E-state index in [2.05, 4.69) is 31.9 Å². The molecule has 1 saturated heterocycles. The van der Waals surface area contributed by atoms with E-state index < -0.39 is 0 Å². The molecule has 0 atom stereocenters. The number of hydrogen-bond acceptors (Lipinski definition) is 5. The minimum atomic E-state index is -0.291. The molecule has 156 valence electrons. The van der Waals surface area contributed by atoms with Crippen molar-refractivity contribution in [2.45, 2.75) is 6.61 Å². The fraction of sp³-hybridized carbons (Fsp3) is 0.273. The van der Waals surface area contributed by atoms with Crippen LogP contribution >= 0.6 is 31.9 Å². The second-order valence-electron chi connectivity index (χ2n) is 6.51. The van der Waals surface area contributed by atoms with E-state index in [4.69, 9.17) is 14.2 Å². The number of hydrogen-bond donors (Lipinski definition) is 0. The number of methoxy groups -OCH3 is 1. The number of ether oxygens (including phenoxy) is 3. The number of benzene rings is 2. The van der Waals surface area contributed by atoms with Gasteiger partial charge in [-0.25, -0.2) is 0 Å². The summed E-state index contributed by atoms with van der Waals surface area (Å²) in [6, 6.07) is 13.2. The molecule has 8 heteroatoms. The van der Waals surface area contributed by atoms with Crippen molar-refractivity contribution in [2.75, 3.05) is 33.4 Å². The summed E-state index contributed by atoms with van der Waals surface area (Å²) in [5.41, 5.74) is 1.75. The number of morpholine rings is 1. The summed E-state index contributed by atoms with van der Waals surface area (Å²) in [5.74, 6) is 0.802. The first-order valence-corrected chi connectivity index (χ1v) is 10.8. The Morgan fingerprint density at radius 1 is 1.20 bits per heavy atom. The summed E-state index contributed by atoms with van der Waals surface area (Å²) < 4.78 is 18.5. The average molecular weight is 536 g/mol. The van der Waals surface area contributed by atoms with E-state index in [1.54, 1.807) is 36.3 Å². The Morgan fingerprint density at radius 3 is 2.63 bits per heavy atom. The van der Waals surface area contributed by atoms with Crippen LogP contribution in [0.25, 0.3) is 6.08 Å². The van der Waals surface area contributed by atoms with Crippen LogP contribution < -0.4 is 9.47 Å². The maximum atomic E-state index is 12.6. The van der Waals surface area contributed by atoms with Crippen LogP contribution in [0.2, 0.25) is 0 Å². The highest BCUT2D eigenvalue weighted by Crippen LogP contribution is 2.31. The van der Waals surface area contributed by atoms with E-state index in [1.165, 1.54) is 0 Å². The average Bonchev–Trinajstić information content (AvgIpc) is 2.77. The Hall–Kier alpha value is -2.34. The van der Waals surface area contributed by atoms with Crippen LogP contribution in [0.5, 0.6) is 11.5 Å². The van der Waals surface area contributed by atoms with Gasteiger partial charge in [-0.3, -0.25) is 4.79 Å². The molecule has 0 spiro atoms. The highest BCUT2D eigenvalue weighted by Gasteiger charge is 2.20. The number of carbonyl (C=O) groups is 1. The highest BCUT2D eigenvalue weighted by atomic mass is 79.9. The van der Waals surface area contributed by atoms with Crippen LogP contribution in [0, 0.1) is 11.3 Å². The van der Waals surface area contributed by atoms with Crippen molar-refractivity contribution in [1.82, 2.24) is 4.90 Å². The molecule has 1 heterocycles. The van der Waals surface area contributed by atoms with Gasteiger partial charge < -0.3 is 19.1 Å². The summed E-state index contributed by atoms with van der Waals surface area (Å²) in [5, 5.41) is 9.46. The van der Waals surface area contributed by atoms with Gasteiger partial charge in [0, 0.05) is 27.6 Å². The fourth-order valence-corrected chi connectivity index (χ4v) is 4.09. The lowest BCUT2D eigenvalue weighted by molar-refractivity contribution is -0.130. The van der Waals surface area contributed by atoms with E-state index in [9.17, 15) is 10.1 Å². The molecule has 1 fully saturated rings. The standard InChI is InChI=1S/C22H20Br2N2O4/c1-28-21-11-15(10-17(13-25)22(27)26-6-8-29-9-7-26)2-5-20(21)30-14-16-3-4-18(23)12-19(16)24/h2-5,10-12H,6-9,14H2,1H3. The van der Waals surface area contributed by atoms with Gasteiger partial charge in [0.05, 0.1) is 20.3 Å². The van der Waals surface area contributed by atoms with Crippen molar-refractivity contribution < 1.29 is 19.0 Å². The Labute approximate surface area is 192 Å². The second-order valence-corrected chi connectivity index (χ2v) is 8.28. The van der Waals surface area contributed by atoms with Crippen LogP contribution in [0.4, 0.5) is 0 Å². The first kappa shape index (κ1) is 22.3. The van der Waals surface area contributed by atoms with Gasteiger partial charge in [-0.2, -0.15) is 5.26 Å². The molecular formula is C22H20Br2N2O4. The smallest absolute Gasteiger partial charge is 0.264 e. The minimum Gasteiger partial charge on any atom is -0.493 e. The molecule has 0 aliphatic carbocycles. The minimum absolute atomic E-state index is 0.0754. The molecule has 2 aromatic rings. The lowest BCUT2D eigenvalue weighted by Gasteiger charge is -2.26. The summed E-state index contributed by atoms with van der Waals surface area (Å²) in [6.07, 6.45) is 1.56. The molecule has 1 amide bonds. The van der Waals surface area contributed by atoms with Gasteiger partial charge in [0.15, 0.2) is 11.5 Å². The Bertz CT molecular complexity index is 995. The number of nitriles is 1. The highest BCUT2D eigenvalue weighted by molar-refractivity contribution is 9.11. The zero-order valence-corrected chi connectivity index (χ0v) is 19.5. The summed E-state index contributed by atoms with van der Waals surface area (Å²) in [7, 11) is 1.55. The van der Waals surface area contributed by atoms with Crippen LogP contribution in [-0.4, -0.2) is 44.2 Å². The van der Waals surface area contributed by atoms with Crippen molar-refractivity contribution in [3.8, 4) is 17.6 Å². The van der Waals surface area contributed by atoms with E-state index in [1.807, 2.05) is 24.3 Å². The fourth-order valence-electron chi connectivity index (χ4n) is 2.93. The predicted octanol–water partition coefficient (Wildman–Crippen LogP) is 4.56. The molecule has 0 N–H and O–H groups in total. The zero-order chi connectivity index (χ0) is 21.5. The maximum absolute atomic E-state index is 12.6. The number of nitrogens with zero attached hydrogens (tertiary/aromatic N) is 2. The van der Waals surface area contributed by atoms with Gasteiger partial charge in [0.25, 0.3) is 5.91 Å². The van der Waals surface area contributed by atoms with Gasteiger partial charge in [0.1, 0.15) is 18.2 Å². The molecular weight excluding hydrogens is 516 g/mol. The number of halogens is 2. The summed E-state index contributed by atoms with van der Waals surface area (Å²) >= 11 is 6.96. The van der Waals surface area contributed by atoms with E-state index >= 15 is 0 Å². The molecule has 0 saturated carbocycles. The van der Waals surface area contributed by atoms with Gasteiger partial charge in [-0.15, -0.1) is 0 Å². The Morgan fingerprint density at radius 2 is 1.97 bits per heavy atom. The van der Waals surface area contributed by atoms with Gasteiger partial charge in [-0.05, 0) is 35.9 Å². The van der Waals surface area contributed by atoms with E-state index in [-0.39, 0.29) is 11.5 Å². The molecule has 2 aromatic carbocycles. The Kier molecular flexibility index (Phi) is 7.91. The molecule has 0 aromatic heterocycles. The van der Waals surface area contributed by atoms with E-state index in [0.29, 0.717) is 50.0 Å². The van der Waals surface area contributed by atoms with Gasteiger partial charge in [0.2, 0.25) is 0 Å². The Balaban J connectivity index is 1.76. The molecule has 0 radical (unpaired) electrons. The third-order valence-electron chi connectivity index (χ3n) is 4.55. The monoisotopic (exact) mass is 534 g/mol. The van der Waals surface area contributed by atoms with Crippen molar-refractivity contribution in [2.24, 2.45) is 0 Å². The first-order chi connectivity index (χ1) is 14.5. The molecule has 0 bridgehead atoms. The molecule has 30 heavy (non-hydrogen) atoms. The second kappa shape index (κ2) is 10.6. The quantitative estimate of drug-likeness (QED) is 0.400. The van der Waals surface area contributed by atoms with E-state index in [0.717, 1.165) is 14.5 Å². The number of amides is 1. The van der Waals surface area contributed by atoms with Gasteiger partial charge in [-0.1, -0.05) is 44.0 Å². The normalized spacial score (nSPS) is 14.2. The van der Waals surface area contributed by atoms with Crippen LogP contribution in [0.1, 0.15) is 11.1 Å². The van der Waals surface area contributed by atoms with Crippen molar-refractivity contribution in [3.05, 3.63) is 62.0 Å². The summed E-state index contributed by atoms with van der Waals surface area (Å²) in [4.78, 5) is 14.2. The lowest BCUT2D eigenvalue weighted by Crippen LogP contribution is -2.41. The molecule has 1 aliphatic rings. The maximum Gasteiger partial charge on any atom is 0.264 e. The number of carbonyl (C=O) groups excluding carboxylic acids is 1. The van der Waals surface area contributed by atoms with Crippen LogP contribution in [0.3, 0.4) is 0 Å². The predicted molar refractivity (Wildman–Crippen MR) is 120 cm³/mol. The van der Waals surface area contributed by atoms with Gasteiger partial charge >= 0.3 is 0 Å². The van der Waals surface area contributed by atoms with Crippen molar-refractivity contribution in [1.29, 1.82) is 5.26 Å². The lowest BCUT2D eigenvalue weighted by atomic mass is 10.1. The van der Waals surface area contributed by atoms with Crippen LogP contribution in [-0.2, 0) is 16.1 Å². The SMILES string of the molecule is COc1cc(C=C(C#N)C(=O)N2CCOCC2)ccc1OCc1ccc(Br)cc1Br. The van der Waals surface area contributed by atoms with Crippen molar-refractivity contribution in [3.63, 3.8) is 0 Å². The third kappa shape index (κ3) is 5.63. The van der Waals surface area contributed by atoms with Crippen molar-refractivity contribution >= 4 is 43.8 Å². The topological polar surface area (TPSA) is 71.8 Å². The summed E-state index contributed by atoms with van der Waals surface area (Å²) in [6.45, 7) is 2.30. The zero-order valence-electron chi connectivity index (χ0n) is 16.4. The molecule has 3 rings (SSSR count). The number of rotatable bonds is 6. The molecule has 1 aliphatic heterocycles. The van der Waals surface area contributed by atoms with Crippen LogP contribution in [0.15, 0.2) is 50.9 Å². The largest absolute Gasteiger partial charge is 0.493 e. The first-order valence-electron chi connectivity index (χ1n) is 9.25. The third-order valence-corrected chi connectivity index (χ3v) is 5.78.